The lowest BCUT2D eigenvalue weighted by atomic mass is 10.1. The molecule has 2 aromatic rings. The maximum Gasteiger partial charge on any atom is 0.325 e. The lowest BCUT2D eigenvalue weighted by Gasteiger charge is -2.07. The Hall–Kier alpha value is -3.02. The van der Waals surface area contributed by atoms with Crippen LogP contribution in [0.3, 0.4) is 0 Å². The number of hydrogen-bond donors (Lipinski definition) is 1. The molecular formula is C19H18FNO4. The molecule has 0 aliphatic rings. The van der Waals surface area contributed by atoms with E-state index in [9.17, 15) is 18.8 Å². The number of benzene rings is 2. The molecule has 0 bridgehead atoms. The Morgan fingerprint density at radius 2 is 1.80 bits per heavy atom. The van der Waals surface area contributed by atoms with Gasteiger partial charge in [0.05, 0.1) is 0 Å². The van der Waals surface area contributed by atoms with Gasteiger partial charge in [-0.2, -0.15) is 0 Å². The second-order valence-corrected chi connectivity index (χ2v) is 5.60. The molecular weight excluding hydrogens is 325 g/mol. The summed E-state index contributed by atoms with van der Waals surface area (Å²) in [5.41, 5.74) is 1.96. The second-order valence-electron chi connectivity index (χ2n) is 5.60. The van der Waals surface area contributed by atoms with Crippen molar-refractivity contribution in [1.82, 2.24) is 5.32 Å². The number of amides is 1. The minimum Gasteiger partial charge on any atom is -0.456 e. The molecule has 0 fully saturated rings. The van der Waals surface area contributed by atoms with E-state index in [-0.39, 0.29) is 12.1 Å². The van der Waals surface area contributed by atoms with Crippen LogP contribution in [0, 0.1) is 19.7 Å². The predicted octanol–water partition coefficient (Wildman–Crippen LogP) is 2.60. The molecule has 0 aliphatic heterocycles. The van der Waals surface area contributed by atoms with Crippen molar-refractivity contribution in [3.05, 3.63) is 70.5 Å². The van der Waals surface area contributed by atoms with Gasteiger partial charge in [0.25, 0.3) is 5.91 Å². The summed E-state index contributed by atoms with van der Waals surface area (Å²) < 4.78 is 18.0. The van der Waals surface area contributed by atoms with Crippen LogP contribution in [0.2, 0.25) is 0 Å². The summed E-state index contributed by atoms with van der Waals surface area (Å²) in [7, 11) is 0. The molecule has 0 unspecified atom stereocenters. The van der Waals surface area contributed by atoms with E-state index >= 15 is 0 Å². The van der Waals surface area contributed by atoms with Gasteiger partial charge in [-0.15, -0.1) is 0 Å². The molecule has 1 amide bonds. The maximum atomic E-state index is 13.2. The molecule has 0 saturated carbocycles. The SMILES string of the molecule is Cc1cccc(C(=O)NCC(=O)OCC(=O)c2ccc(F)c(C)c2)c1. The van der Waals surface area contributed by atoms with Gasteiger partial charge in [0.2, 0.25) is 0 Å². The van der Waals surface area contributed by atoms with Crippen molar-refractivity contribution in [2.75, 3.05) is 13.2 Å². The number of ether oxygens (including phenoxy) is 1. The third-order valence-corrected chi connectivity index (χ3v) is 3.52. The lowest BCUT2D eigenvalue weighted by molar-refractivity contribution is -0.141. The number of carbonyl (C=O) groups is 3. The molecule has 0 aliphatic carbocycles. The summed E-state index contributed by atoms with van der Waals surface area (Å²) in [6.07, 6.45) is 0. The molecule has 0 aromatic heterocycles. The van der Waals surface area contributed by atoms with Crippen LogP contribution in [0.15, 0.2) is 42.5 Å². The third kappa shape index (κ3) is 5.24. The zero-order chi connectivity index (χ0) is 18.4. The molecule has 0 atom stereocenters. The minimum atomic E-state index is -0.729. The van der Waals surface area contributed by atoms with Crippen molar-refractivity contribution in [2.24, 2.45) is 0 Å². The quantitative estimate of drug-likeness (QED) is 0.646. The van der Waals surface area contributed by atoms with Gasteiger partial charge < -0.3 is 10.1 Å². The Kier molecular flexibility index (Phi) is 6.00. The summed E-state index contributed by atoms with van der Waals surface area (Å²) in [5.74, 6) is -1.98. The van der Waals surface area contributed by atoms with Gasteiger partial charge in [-0.3, -0.25) is 14.4 Å². The fourth-order valence-corrected chi connectivity index (χ4v) is 2.14. The number of carbonyl (C=O) groups excluding carboxylic acids is 3. The molecule has 6 heteroatoms. The Balaban J connectivity index is 1.81. The Bertz CT molecular complexity index is 817. The zero-order valence-corrected chi connectivity index (χ0v) is 14.0. The van der Waals surface area contributed by atoms with E-state index in [2.05, 4.69) is 5.32 Å². The third-order valence-electron chi connectivity index (χ3n) is 3.52. The molecule has 2 aromatic carbocycles. The standard InChI is InChI=1S/C19H18FNO4/c1-12-4-3-5-15(8-12)19(24)21-10-18(23)25-11-17(22)14-6-7-16(20)13(2)9-14/h3-9H,10-11H2,1-2H3,(H,21,24). The van der Waals surface area contributed by atoms with Gasteiger partial charge in [0.1, 0.15) is 12.4 Å². The average molecular weight is 343 g/mol. The molecule has 25 heavy (non-hydrogen) atoms. The molecule has 0 spiro atoms. The highest BCUT2D eigenvalue weighted by Gasteiger charge is 2.13. The second kappa shape index (κ2) is 8.19. The fraction of sp³-hybridized carbons (Fsp3) is 0.211. The fourth-order valence-electron chi connectivity index (χ4n) is 2.14. The van der Waals surface area contributed by atoms with Crippen molar-refractivity contribution in [2.45, 2.75) is 13.8 Å². The number of halogens is 1. The van der Waals surface area contributed by atoms with Crippen LogP contribution in [-0.4, -0.2) is 30.8 Å². The number of ketones is 1. The number of hydrogen-bond acceptors (Lipinski definition) is 4. The Morgan fingerprint density at radius 3 is 2.48 bits per heavy atom. The summed E-state index contributed by atoms with van der Waals surface area (Å²) in [5, 5.41) is 2.43. The first kappa shape index (κ1) is 18.3. The highest BCUT2D eigenvalue weighted by Crippen LogP contribution is 2.10. The van der Waals surface area contributed by atoms with Gasteiger partial charge in [-0.1, -0.05) is 17.7 Å². The molecule has 5 nitrogen and oxygen atoms in total. The highest BCUT2D eigenvalue weighted by molar-refractivity contribution is 5.99. The van der Waals surface area contributed by atoms with Gasteiger partial charge in [0.15, 0.2) is 12.4 Å². The van der Waals surface area contributed by atoms with E-state index < -0.39 is 30.1 Å². The predicted molar refractivity (Wildman–Crippen MR) is 89.9 cm³/mol. The summed E-state index contributed by atoms with van der Waals surface area (Å²) in [4.78, 5) is 35.5. The van der Waals surface area contributed by atoms with Crippen molar-refractivity contribution in [1.29, 1.82) is 0 Å². The Labute approximate surface area is 144 Å². The van der Waals surface area contributed by atoms with Crippen LogP contribution in [0.1, 0.15) is 31.8 Å². The van der Waals surface area contributed by atoms with E-state index in [1.165, 1.54) is 18.2 Å². The average Bonchev–Trinajstić information content (AvgIpc) is 2.59. The molecule has 1 N–H and O–H groups in total. The minimum absolute atomic E-state index is 0.260. The molecule has 0 saturated heterocycles. The Morgan fingerprint density at radius 1 is 1.04 bits per heavy atom. The molecule has 0 radical (unpaired) electrons. The van der Waals surface area contributed by atoms with Gasteiger partial charge in [-0.25, -0.2) is 4.39 Å². The van der Waals surface area contributed by atoms with Crippen LogP contribution in [-0.2, 0) is 9.53 Å². The molecule has 130 valence electrons. The molecule has 0 heterocycles. The number of rotatable bonds is 6. The maximum absolute atomic E-state index is 13.2. The van der Waals surface area contributed by atoms with E-state index in [4.69, 9.17) is 4.74 Å². The zero-order valence-electron chi connectivity index (χ0n) is 14.0. The van der Waals surface area contributed by atoms with Crippen LogP contribution >= 0.6 is 0 Å². The van der Waals surface area contributed by atoms with Gasteiger partial charge in [-0.05, 0) is 49.7 Å². The van der Waals surface area contributed by atoms with Gasteiger partial charge in [0, 0.05) is 11.1 Å². The summed E-state index contributed by atoms with van der Waals surface area (Å²) in [6.45, 7) is 2.58. The number of nitrogens with one attached hydrogen (secondary N) is 1. The first-order valence-corrected chi connectivity index (χ1v) is 7.66. The topological polar surface area (TPSA) is 72.5 Å². The van der Waals surface area contributed by atoms with Crippen LogP contribution in [0.4, 0.5) is 4.39 Å². The monoisotopic (exact) mass is 343 g/mol. The number of aryl methyl sites for hydroxylation is 2. The van der Waals surface area contributed by atoms with Crippen LogP contribution < -0.4 is 5.32 Å². The largest absolute Gasteiger partial charge is 0.456 e. The van der Waals surface area contributed by atoms with Crippen molar-refractivity contribution in [3.63, 3.8) is 0 Å². The number of esters is 1. The number of Topliss-reactive ketones (excluding diaryl/α,β-unsaturated/α-hetero) is 1. The lowest BCUT2D eigenvalue weighted by Crippen LogP contribution is -2.31. The first-order chi connectivity index (χ1) is 11.9. The van der Waals surface area contributed by atoms with Crippen molar-refractivity contribution >= 4 is 17.7 Å². The molecule has 2 rings (SSSR count). The summed E-state index contributed by atoms with van der Waals surface area (Å²) in [6, 6.07) is 10.8. The van der Waals surface area contributed by atoms with E-state index in [1.54, 1.807) is 25.1 Å². The highest BCUT2D eigenvalue weighted by atomic mass is 19.1. The normalized spacial score (nSPS) is 10.2. The van der Waals surface area contributed by atoms with E-state index in [0.717, 1.165) is 5.56 Å². The van der Waals surface area contributed by atoms with Crippen molar-refractivity contribution in [3.8, 4) is 0 Å². The smallest absolute Gasteiger partial charge is 0.325 e. The van der Waals surface area contributed by atoms with Crippen molar-refractivity contribution < 1.29 is 23.5 Å². The van der Waals surface area contributed by atoms with Crippen LogP contribution in [0.5, 0.6) is 0 Å². The van der Waals surface area contributed by atoms with E-state index in [1.807, 2.05) is 13.0 Å². The first-order valence-electron chi connectivity index (χ1n) is 7.66. The summed E-state index contributed by atoms with van der Waals surface area (Å²) >= 11 is 0. The van der Waals surface area contributed by atoms with Gasteiger partial charge >= 0.3 is 5.97 Å². The van der Waals surface area contributed by atoms with E-state index in [0.29, 0.717) is 11.1 Å². The van der Waals surface area contributed by atoms with Crippen LogP contribution in [0.25, 0.3) is 0 Å².